The van der Waals surface area contributed by atoms with E-state index in [9.17, 15) is 8.42 Å². The van der Waals surface area contributed by atoms with Crippen LogP contribution in [0.4, 0.5) is 0 Å². The largest absolute Gasteiger partial charge is 0.496 e. The third kappa shape index (κ3) is 5.48. The Hall–Kier alpha value is -1.11. The summed E-state index contributed by atoms with van der Waals surface area (Å²) in [4.78, 5) is 0. The van der Waals surface area contributed by atoms with Crippen LogP contribution in [-0.4, -0.2) is 42.0 Å². The molecule has 0 amide bonds. The first-order valence-corrected chi connectivity index (χ1v) is 8.34. The van der Waals surface area contributed by atoms with Crippen molar-refractivity contribution in [1.29, 1.82) is 0 Å². The topological polar surface area (TPSA) is 64.6 Å². The number of hydrogen-bond donors (Lipinski definition) is 1. The number of ether oxygens (including phenoxy) is 2. The normalized spacial score (nSPS) is 11.6. The molecule has 0 heterocycles. The molecule has 0 bridgehead atoms. The zero-order valence-electron chi connectivity index (χ0n) is 12.3. The van der Waals surface area contributed by atoms with Crippen molar-refractivity contribution in [2.75, 3.05) is 33.6 Å². The highest BCUT2D eigenvalue weighted by Gasteiger charge is 2.15. The van der Waals surface area contributed by atoms with Gasteiger partial charge in [0.25, 0.3) is 0 Å². The molecule has 0 aliphatic rings. The second-order valence-corrected chi connectivity index (χ2v) is 6.80. The Kier molecular flexibility index (Phi) is 6.98. The average Bonchev–Trinajstić information content (AvgIpc) is 2.39. The molecule has 5 nitrogen and oxygen atoms in total. The third-order valence-electron chi connectivity index (χ3n) is 2.90. The van der Waals surface area contributed by atoms with E-state index >= 15 is 0 Å². The lowest BCUT2D eigenvalue weighted by Crippen LogP contribution is -2.12. The second-order valence-electron chi connectivity index (χ2n) is 4.61. The maximum Gasteiger partial charge on any atom is 0.154 e. The predicted octanol–water partition coefficient (Wildman–Crippen LogP) is 1.37. The highest BCUT2D eigenvalue weighted by molar-refractivity contribution is 7.90. The maximum absolute atomic E-state index is 12.1. The molecule has 6 heteroatoms. The van der Waals surface area contributed by atoms with Gasteiger partial charge in [-0.25, -0.2) is 8.42 Å². The summed E-state index contributed by atoms with van der Waals surface area (Å²) in [6.07, 6.45) is 0.511. The molecule has 0 saturated heterocycles. The molecule has 1 N–H and O–H groups in total. The van der Waals surface area contributed by atoms with Gasteiger partial charge < -0.3 is 14.8 Å². The zero-order valence-corrected chi connectivity index (χ0v) is 13.1. The summed E-state index contributed by atoms with van der Waals surface area (Å²) in [5, 5.41) is 3.05. The third-order valence-corrected chi connectivity index (χ3v) is 4.57. The Morgan fingerprint density at radius 3 is 2.60 bits per heavy atom. The lowest BCUT2D eigenvalue weighted by atomic mass is 10.1. The molecule has 1 rings (SSSR count). The van der Waals surface area contributed by atoms with E-state index in [-0.39, 0.29) is 11.5 Å². The minimum Gasteiger partial charge on any atom is -0.496 e. The molecular formula is C14H23NO4S. The maximum atomic E-state index is 12.1. The first-order chi connectivity index (χ1) is 9.52. The number of methoxy groups -OCH3 is 2. The average molecular weight is 301 g/mol. The van der Waals surface area contributed by atoms with Gasteiger partial charge in [0.05, 0.1) is 18.6 Å². The van der Waals surface area contributed by atoms with Crippen LogP contribution in [0.5, 0.6) is 5.75 Å². The van der Waals surface area contributed by atoms with Crippen LogP contribution < -0.4 is 10.1 Å². The summed E-state index contributed by atoms with van der Waals surface area (Å²) in [5.41, 5.74) is 1.74. The van der Waals surface area contributed by atoms with Crippen LogP contribution in [0.25, 0.3) is 0 Å². The van der Waals surface area contributed by atoms with Crippen LogP contribution in [0.15, 0.2) is 18.2 Å². The highest BCUT2D eigenvalue weighted by Crippen LogP contribution is 2.22. The molecule has 0 radical (unpaired) electrons. The fraction of sp³-hybridized carbons (Fsp3) is 0.571. The minimum atomic E-state index is -3.15. The molecule has 0 aliphatic carbocycles. The fourth-order valence-corrected chi connectivity index (χ4v) is 3.39. The van der Waals surface area contributed by atoms with Crippen LogP contribution in [-0.2, 0) is 26.9 Å². The van der Waals surface area contributed by atoms with Gasteiger partial charge in [-0.15, -0.1) is 0 Å². The molecular weight excluding hydrogens is 278 g/mol. The number of rotatable bonds is 9. The number of nitrogens with one attached hydrogen (secondary N) is 1. The minimum absolute atomic E-state index is 0.00254. The van der Waals surface area contributed by atoms with Gasteiger partial charge in [-0.2, -0.15) is 0 Å². The Labute approximate surface area is 121 Å². The SMILES string of the molecule is CNCc1ccc(OC)c(CS(=O)(=O)CCCOC)c1. The summed E-state index contributed by atoms with van der Waals surface area (Å²) in [5.74, 6) is 0.734. The Balaban J connectivity index is 2.85. The summed E-state index contributed by atoms with van der Waals surface area (Å²) in [7, 11) is 1.82. The first kappa shape index (κ1) is 16.9. The van der Waals surface area contributed by atoms with Crippen molar-refractivity contribution in [3.05, 3.63) is 29.3 Å². The van der Waals surface area contributed by atoms with E-state index in [1.54, 1.807) is 14.2 Å². The fourth-order valence-electron chi connectivity index (χ4n) is 1.99. The van der Waals surface area contributed by atoms with Gasteiger partial charge in [0.1, 0.15) is 5.75 Å². The quantitative estimate of drug-likeness (QED) is 0.698. The summed E-state index contributed by atoms with van der Waals surface area (Å²) in [6, 6.07) is 5.62. The molecule has 114 valence electrons. The van der Waals surface area contributed by atoms with Crippen molar-refractivity contribution in [2.45, 2.75) is 18.7 Å². The summed E-state index contributed by atoms with van der Waals surface area (Å²) >= 11 is 0. The van der Waals surface area contributed by atoms with Crippen molar-refractivity contribution < 1.29 is 17.9 Å². The van der Waals surface area contributed by atoms with Gasteiger partial charge in [-0.3, -0.25) is 0 Å². The second kappa shape index (κ2) is 8.24. The van der Waals surface area contributed by atoms with Crippen molar-refractivity contribution in [3.63, 3.8) is 0 Å². The molecule has 0 saturated carbocycles. The molecule has 0 spiro atoms. The highest BCUT2D eigenvalue weighted by atomic mass is 32.2. The van der Waals surface area contributed by atoms with Crippen LogP contribution >= 0.6 is 0 Å². The van der Waals surface area contributed by atoms with Crippen LogP contribution in [0, 0.1) is 0 Å². The van der Waals surface area contributed by atoms with Crippen molar-refractivity contribution in [3.8, 4) is 5.75 Å². The van der Waals surface area contributed by atoms with E-state index in [1.165, 1.54) is 0 Å². The van der Waals surface area contributed by atoms with E-state index in [4.69, 9.17) is 9.47 Å². The van der Waals surface area contributed by atoms with Crippen LogP contribution in [0.3, 0.4) is 0 Å². The van der Waals surface area contributed by atoms with Crippen molar-refractivity contribution >= 4 is 9.84 Å². The Morgan fingerprint density at radius 2 is 2.00 bits per heavy atom. The molecule has 0 atom stereocenters. The van der Waals surface area contributed by atoms with Gasteiger partial charge in [-0.05, 0) is 31.2 Å². The monoisotopic (exact) mass is 301 g/mol. The number of hydrogen-bond acceptors (Lipinski definition) is 5. The standard InChI is InChI=1S/C14H23NO4S/c1-15-10-12-5-6-14(19-3)13(9-12)11-20(16,17)8-4-7-18-2/h5-6,9,15H,4,7-8,10-11H2,1-3H3. The zero-order chi connectivity index (χ0) is 15.0. The predicted molar refractivity (Wildman–Crippen MR) is 79.7 cm³/mol. The molecule has 0 aliphatic heterocycles. The van der Waals surface area contributed by atoms with Crippen molar-refractivity contribution in [1.82, 2.24) is 5.32 Å². The Morgan fingerprint density at radius 1 is 1.25 bits per heavy atom. The van der Waals surface area contributed by atoms with E-state index in [1.807, 2.05) is 25.2 Å². The molecule has 0 fully saturated rings. The molecule has 0 unspecified atom stereocenters. The van der Waals surface area contributed by atoms with Crippen molar-refractivity contribution in [2.24, 2.45) is 0 Å². The van der Waals surface area contributed by atoms with E-state index < -0.39 is 9.84 Å². The first-order valence-electron chi connectivity index (χ1n) is 6.52. The van der Waals surface area contributed by atoms with Gasteiger partial charge in [-0.1, -0.05) is 6.07 Å². The molecule has 1 aromatic carbocycles. The van der Waals surface area contributed by atoms with Crippen LogP contribution in [0.1, 0.15) is 17.5 Å². The van der Waals surface area contributed by atoms with Gasteiger partial charge in [0.2, 0.25) is 0 Å². The number of sulfone groups is 1. The number of benzene rings is 1. The van der Waals surface area contributed by atoms with Gasteiger partial charge >= 0.3 is 0 Å². The van der Waals surface area contributed by atoms with Gasteiger partial charge in [0, 0.05) is 25.8 Å². The lowest BCUT2D eigenvalue weighted by Gasteiger charge is -2.11. The van der Waals surface area contributed by atoms with E-state index in [0.29, 0.717) is 30.9 Å². The molecule has 20 heavy (non-hydrogen) atoms. The Bertz CT molecular complexity index is 514. The molecule has 1 aromatic rings. The molecule has 0 aromatic heterocycles. The smallest absolute Gasteiger partial charge is 0.154 e. The summed E-state index contributed by atoms with van der Waals surface area (Å²) < 4.78 is 34.3. The van der Waals surface area contributed by atoms with Gasteiger partial charge in [0.15, 0.2) is 9.84 Å². The summed E-state index contributed by atoms with van der Waals surface area (Å²) in [6.45, 7) is 1.15. The lowest BCUT2D eigenvalue weighted by molar-refractivity contribution is 0.199. The van der Waals surface area contributed by atoms with E-state index in [2.05, 4.69) is 5.32 Å². The van der Waals surface area contributed by atoms with E-state index in [0.717, 1.165) is 5.56 Å². The van der Waals surface area contributed by atoms with Crippen LogP contribution in [0.2, 0.25) is 0 Å².